The summed E-state index contributed by atoms with van der Waals surface area (Å²) in [6.45, 7) is 9.76. The van der Waals surface area contributed by atoms with Crippen molar-refractivity contribution in [2.45, 2.75) is 77.4 Å². The second-order valence-corrected chi connectivity index (χ2v) is 10.3. The van der Waals surface area contributed by atoms with Gasteiger partial charge in [0.25, 0.3) is 0 Å². The van der Waals surface area contributed by atoms with Crippen LogP contribution in [0, 0.1) is 5.92 Å². The summed E-state index contributed by atoms with van der Waals surface area (Å²) in [5.74, 6) is 0.607. The molecule has 7 nitrogen and oxygen atoms in total. The lowest BCUT2D eigenvalue weighted by atomic mass is 9.82. The number of likely N-dealkylation sites (tertiary alicyclic amines) is 2. The maximum atomic E-state index is 13.2. The number of hydrogen-bond acceptors (Lipinski definition) is 4. The van der Waals surface area contributed by atoms with Crippen molar-refractivity contribution in [1.82, 2.24) is 15.1 Å². The van der Waals surface area contributed by atoms with Crippen LogP contribution in [0.5, 0.6) is 0 Å². The summed E-state index contributed by atoms with van der Waals surface area (Å²) in [4.78, 5) is 40.8. The minimum Gasteiger partial charge on any atom is -0.444 e. The summed E-state index contributed by atoms with van der Waals surface area (Å²) >= 11 is 0. The summed E-state index contributed by atoms with van der Waals surface area (Å²) in [5.41, 5.74) is 0.703. The van der Waals surface area contributed by atoms with Gasteiger partial charge in [-0.25, -0.2) is 4.79 Å². The largest absolute Gasteiger partial charge is 0.444 e. The Morgan fingerprint density at radius 2 is 1.79 bits per heavy atom. The topological polar surface area (TPSA) is 79.0 Å². The Hall–Kier alpha value is -2.57. The third kappa shape index (κ3) is 6.95. The number of fused-ring (bicyclic) bond motifs is 1. The van der Waals surface area contributed by atoms with E-state index >= 15 is 0 Å². The average molecular weight is 458 g/mol. The second kappa shape index (κ2) is 11.0. The van der Waals surface area contributed by atoms with Crippen LogP contribution in [0.15, 0.2) is 30.3 Å². The van der Waals surface area contributed by atoms with E-state index in [2.05, 4.69) is 22.3 Å². The minimum absolute atomic E-state index is 0.0149. The molecule has 3 rings (SSSR count). The molecule has 7 heteroatoms. The molecular formula is C26H39N3O4. The van der Waals surface area contributed by atoms with Crippen LogP contribution in [0.1, 0.15) is 71.3 Å². The van der Waals surface area contributed by atoms with Gasteiger partial charge in [0.2, 0.25) is 11.8 Å². The second-order valence-electron chi connectivity index (χ2n) is 10.3. The van der Waals surface area contributed by atoms with Crippen LogP contribution in [0.2, 0.25) is 0 Å². The number of ether oxygens (including phenoxy) is 1. The summed E-state index contributed by atoms with van der Waals surface area (Å²) in [7, 11) is 0. The maximum Gasteiger partial charge on any atom is 0.410 e. The SMILES string of the molecule is CC(=O)NCCCCCC(=O)N1C[C@@H](c2ccccc2)[C@@H]2CN(C(=O)OC(C)(C)C)CC[C@@H]21. The van der Waals surface area contributed by atoms with E-state index in [-0.39, 0.29) is 35.8 Å². The molecule has 0 aliphatic carbocycles. The molecule has 33 heavy (non-hydrogen) atoms. The summed E-state index contributed by atoms with van der Waals surface area (Å²) < 4.78 is 5.62. The molecule has 2 saturated heterocycles. The normalized spacial score (nSPS) is 22.6. The van der Waals surface area contributed by atoms with Crippen molar-refractivity contribution >= 4 is 17.9 Å². The Labute approximate surface area is 197 Å². The van der Waals surface area contributed by atoms with Crippen molar-refractivity contribution in [2.24, 2.45) is 5.92 Å². The average Bonchev–Trinajstić information content (AvgIpc) is 3.14. The van der Waals surface area contributed by atoms with Crippen molar-refractivity contribution < 1.29 is 19.1 Å². The number of rotatable bonds is 7. The molecule has 3 atom stereocenters. The molecule has 0 aromatic heterocycles. The smallest absolute Gasteiger partial charge is 0.410 e. The molecule has 2 aliphatic rings. The fraction of sp³-hybridized carbons (Fsp3) is 0.654. The number of benzene rings is 1. The lowest BCUT2D eigenvalue weighted by Crippen LogP contribution is -2.50. The highest BCUT2D eigenvalue weighted by atomic mass is 16.6. The highest BCUT2D eigenvalue weighted by Gasteiger charge is 2.47. The van der Waals surface area contributed by atoms with Crippen molar-refractivity contribution in [2.75, 3.05) is 26.2 Å². The fourth-order valence-electron chi connectivity index (χ4n) is 5.05. The lowest BCUT2D eigenvalue weighted by Gasteiger charge is -2.39. The van der Waals surface area contributed by atoms with Crippen LogP contribution >= 0.6 is 0 Å². The molecule has 2 aliphatic heterocycles. The first-order chi connectivity index (χ1) is 15.7. The van der Waals surface area contributed by atoms with Crippen LogP contribution < -0.4 is 5.32 Å². The molecule has 0 spiro atoms. The van der Waals surface area contributed by atoms with Gasteiger partial charge in [0, 0.05) is 57.4 Å². The third-order valence-electron chi connectivity index (χ3n) is 6.57. The molecule has 0 bridgehead atoms. The number of unbranched alkanes of at least 4 members (excludes halogenated alkanes) is 2. The molecular weight excluding hydrogens is 418 g/mol. The highest BCUT2D eigenvalue weighted by Crippen LogP contribution is 2.42. The summed E-state index contributed by atoms with van der Waals surface area (Å²) in [5, 5.41) is 2.80. The van der Waals surface area contributed by atoms with Gasteiger partial charge >= 0.3 is 6.09 Å². The number of carbonyl (C=O) groups excluding carboxylic acids is 3. The number of piperidine rings is 1. The van der Waals surface area contributed by atoms with Gasteiger partial charge in [0.1, 0.15) is 5.60 Å². The molecule has 0 radical (unpaired) electrons. The van der Waals surface area contributed by atoms with Crippen LogP contribution in [0.25, 0.3) is 0 Å². The van der Waals surface area contributed by atoms with Crippen LogP contribution in [0.3, 0.4) is 0 Å². The van der Waals surface area contributed by atoms with Crippen molar-refractivity contribution in [1.29, 1.82) is 0 Å². The van der Waals surface area contributed by atoms with Gasteiger partial charge in [-0.15, -0.1) is 0 Å². The Balaban J connectivity index is 1.64. The molecule has 1 aromatic carbocycles. The van der Waals surface area contributed by atoms with Gasteiger partial charge < -0.3 is 19.9 Å². The van der Waals surface area contributed by atoms with E-state index in [9.17, 15) is 14.4 Å². The zero-order valence-corrected chi connectivity index (χ0v) is 20.5. The lowest BCUT2D eigenvalue weighted by molar-refractivity contribution is -0.133. The number of amides is 3. The van der Waals surface area contributed by atoms with E-state index in [0.29, 0.717) is 32.6 Å². The first-order valence-corrected chi connectivity index (χ1v) is 12.2. The van der Waals surface area contributed by atoms with Crippen LogP contribution in [0.4, 0.5) is 4.79 Å². The third-order valence-corrected chi connectivity index (χ3v) is 6.57. The molecule has 0 saturated carbocycles. The molecule has 1 aromatic rings. The highest BCUT2D eigenvalue weighted by molar-refractivity contribution is 5.77. The van der Waals surface area contributed by atoms with Gasteiger partial charge in [-0.2, -0.15) is 0 Å². The van der Waals surface area contributed by atoms with Gasteiger partial charge in [-0.3, -0.25) is 9.59 Å². The number of hydrogen-bond donors (Lipinski definition) is 1. The molecule has 182 valence electrons. The van der Waals surface area contributed by atoms with Crippen molar-refractivity contribution in [3.8, 4) is 0 Å². The number of nitrogens with zero attached hydrogens (tertiary/aromatic N) is 2. The zero-order chi connectivity index (χ0) is 24.0. The van der Waals surface area contributed by atoms with Gasteiger partial charge in [-0.05, 0) is 45.6 Å². The predicted octanol–water partition coefficient (Wildman–Crippen LogP) is 3.93. The minimum atomic E-state index is -0.523. The van der Waals surface area contributed by atoms with Crippen LogP contribution in [-0.2, 0) is 14.3 Å². The Morgan fingerprint density at radius 1 is 1.06 bits per heavy atom. The van der Waals surface area contributed by atoms with Crippen molar-refractivity contribution in [3.05, 3.63) is 35.9 Å². The van der Waals surface area contributed by atoms with E-state index in [1.165, 1.54) is 12.5 Å². The van der Waals surface area contributed by atoms with Gasteiger partial charge in [0.15, 0.2) is 0 Å². The van der Waals surface area contributed by atoms with Crippen LogP contribution in [-0.4, -0.2) is 65.5 Å². The maximum absolute atomic E-state index is 13.2. The van der Waals surface area contributed by atoms with Gasteiger partial charge in [0.05, 0.1) is 0 Å². The van der Waals surface area contributed by atoms with Crippen molar-refractivity contribution in [3.63, 3.8) is 0 Å². The molecule has 1 N–H and O–H groups in total. The van der Waals surface area contributed by atoms with Gasteiger partial charge in [-0.1, -0.05) is 36.8 Å². The first-order valence-electron chi connectivity index (χ1n) is 12.2. The standard InChI is InChI=1S/C26H39N3O4/c1-19(30)27-15-10-6-9-13-24(31)29-18-21(20-11-7-5-8-12-20)22-17-28(16-14-23(22)29)25(32)33-26(2,3)4/h5,7-8,11-12,21-23H,6,9-10,13-18H2,1-4H3,(H,27,30)/t21-,22-,23-/m0/s1. The Kier molecular flexibility index (Phi) is 8.38. The quantitative estimate of drug-likeness (QED) is 0.629. The summed E-state index contributed by atoms with van der Waals surface area (Å²) in [6.07, 6.45) is 3.67. The Morgan fingerprint density at radius 3 is 2.45 bits per heavy atom. The molecule has 2 fully saturated rings. The zero-order valence-electron chi connectivity index (χ0n) is 20.5. The summed E-state index contributed by atoms with van der Waals surface area (Å²) in [6, 6.07) is 10.5. The van der Waals surface area contributed by atoms with E-state index in [1.54, 1.807) is 0 Å². The van der Waals surface area contributed by atoms with E-state index in [1.807, 2.05) is 43.9 Å². The molecule has 3 amide bonds. The predicted molar refractivity (Wildman–Crippen MR) is 128 cm³/mol. The Bertz CT molecular complexity index is 821. The fourth-order valence-corrected chi connectivity index (χ4v) is 5.05. The first kappa shape index (κ1) is 25.1. The molecule has 2 heterocycles. The monoisotopic (exact) mass is 457 g/mol. The van der Waals surface area contributed by atoms with E-state index in [0.717, 1.165) is 25.7 Å². The number of carbonyl (C=O) groups is 3. The van der Waals surface area contributed by atoms with E-state index in [4.69, 9.17) is 4.74 Å². The van der Waals surface area contributed by atoms with E-state index < -0.39 is 5.60 Å². The number of nitrogens with one attached hydrogen (secondary N) is 1. The molecule has 0 unspecified atom stereocenters.